The summed E-state index contributed by atoms with van der Waals surface area (Å²) in [5.41, 5.74) is -1.59. The summed E-state index contributed by atoms with van der Waals surface area (Å²) >= 11 is 1.43. The molecule has 0 N–H and O–H groups in total. The average Bonchev–Trinajstić information content (AvgIpc) is 3.12. The molecule has 6 nitrogen and oxygen atoms in total. The maximum atomic E-state index is 14.8. The summed E-state index contributed by atoms with van der Waals surface area (Å²) in [5.74, 6) is -19.0. The van der Waals surface area contributed by atoms with Crippen LogP contribution in [0.1, 0.15) is 25.8 Å². The highest BCUT2D eigenvalue weighted by atomic mass is 32.2. The van der Waals surface area contributed by atoms with Crippen molar-refractivity contribution in [3.05, 3.63) is 88.7 Å². The minimum atomic E-state index is -4.48. The molecule has 17 heteroatoms. The van der Waals surface area contributed by atoms with Gasteiger partial charge in [-0.25, -0.2) is 31.1 Å². The van der Waals surface area contributed by atoms with E-state index in [1.54, 1.807) is 0 Å². The van der Waals surface area contributed by atoms with Gasteiger partial charge in [0.05, 0.1) is 27.7 Å². The molecule has 1 saturated heterocycles. The molecule has 53 heavy (non-hydrogen) atoms. The molecular weight excluding hydrogens is 744 g/mol. The summed E-state index contributed by atoms with van der Waals surface area (Å²) in [7, 11) is 0. The van der Waals surface area contributed by atoms with Gasteiger partial charge < -0.3 is 19.3 Å². The van der Waals surface area contributed by atoms with Crippen molar-refractivity contribution >= 4 is 39.9 Å². The minimum Gasteiger partial charge on any atom is -0.472 e. The molecule has 2 aliphatic heterocycles. The Balaban J connectivity index is 1.01. The zero-order valence-corrected chi connectivity index (χ0v) is 29.0. The minimum absolute atomic E-state index is 0.193. The summed E-state index contributed by atoms with van der Waals surface area (Å²) in [6.07, 6.45) is -3.82. The molecule has 0 amide bonds. The highest BCUT2D eigenvalue weighted by Crippen LogP contribution is 2.49. The first-order valence-electron chi connectivity index (χ1n) is 16.4. The van der Waals surface area contributed by atoms with Crippen LogP contribution in [0.2, 0.25) is 0 Å². The maximum Gasteiger partial charge on any atom is 0.416 e. The summed E-state index contributed by atoms with van der Waals surface area (Å²) in [6.45, 7) is 5.70. The molecule has 2 heterocycles. The van der Waals surface area contributed by atoms with Crippen LogP contribution >= 0.6 is 11.8 Å². The molecule has 0 unspecified atom stereocenters. The molecule has 6 rings (SSSR count). The number of halogens is 10. The fourth-order valence-electron chi connectivity index (χ4n) is 6.24. The lowest BCUT2D eigenvalue weighted by Crippen LogP contribution is -2.48. The smallest absolute Gasteiger partial charge is 0.416 e. The van der Waals surface area contributed by atoms with Gasteiger partial charge in [0.25, 0.3) is 0 Å². The van der Waals surface area contributed by atoms with Crippen molar-refractivity contribution in [2.75, 3.05) is 57.3 Å². The van der Waals surface area contributed by atoms with Gasteiger partial charge in [-0.3, -0.25) is 4.90 Å². The monoisotopic (exact) mass is 775 g/mol. The van der Waals surface area contributed by atoms with E-state index in [1.807, 2.05) is 34.1 Å². The van der Waals surface area contributed by atoms with Gasteiger partial charge >= 0.3 is 12.1 Å². The van der Waals surface area contributed by atoms with E-state index in [1.165, 1.54) is 23.9 Å². The summed E-state index contributed by atoms with van der Waals surface area (Å²) in [5, 5.41) is -3.31. The Morgan fingerprint density at radius 1 is 0.698 bits per heavy atom. The first-order chi connectivity index (χ1) is 25.0. The molecule has 0 spiro atoms. The Morgan fingerprint density at radius 3 is 1.91 bits per heavy atom. The molecule has 0 aliphatic carbocycles. The quantitative estimate of drug-likeness (QED) is 0.0691. The molecule has 0 saturated carbocycles. The second-order valence-corrected chi connectivity index (χ2v) is 14.0. The number of benzene rings is 4. The number of piperazine rings is 1. The van der Waals surface area contributed by atoms with Gasteiger partial charge in [-0.15, -0.1) is 0 Å². The number of rotatable bonds is 10. The number of carbonyl (C=O) groups excluding carboxylic acids is 1. The Hall–Kier alpha value is -4.22. The van der Waals surface area contributed by atoms with Crippen LogP contribution in [0.15, 0.2) is 52.3 Å². The number of alkyl halides is 3. The molecular formula is C36H31F10N3O3S. The predicted octanol–water partition coefficient (Wildman–Crippen LogP) is 8.84. The molecule has 284 valence electrons. The first kappa shape index (κ1) is 38.5. The SMILES string of the molecule is CC(C)(Oc1c(F)c(F)c(F)c2c(F)c(F)c(F)c(F)c12)C(=O)OCCN1CCN(CCCN2c3ccccc3Sc3ccc(C(F)(F)F)cc32)CC1. The second kappa shape index (κ2) is 14.9. The number of hydrogen-bond donors (Lipinski definition) is 0. The van der Waals surface area contributed by atoms with Gasteiger partial charge in [-0.2, -0.15) is 17.6 Å². The lowest BCUT2D eigenvalue weighted by Gasteiger charge is -2.36. The third kappa shape index (κ3) is 7.60. The third-order valence-corrected chi connectivity index (χ3v) is 10.2. The van der Waals surface area contributed by atoms with Crippen molar-refractivity contribution in [3.8, 4) is 5.75 Å². The fourth-order valence-corrected chi connectivity index (χ4v) is 7.31. The van der Waals surface area contributed by atoms with E-state index >= 15 is 0 Å². The highest BCUT2D eigenvalue weighted by Gasteiger charge is 2.38. The zero-order valence-electron chi connectivity index (χ0n) is 28.2. The number of hydrogen-bond acceptors (Lipinski definition) is 7. The van der Waals surface area contributed by atoms with Crippen molar-refractivity contribution in [1.29, 1.82) is 0 Å². The van der Waals surface area contributed by atoms with E-state index in [9.17, 15) is 48.7 Å². The lowest BCUT2D eigenvalue weighted by atomic mass is 10.0. The normalized spacial score (nSPS) is 15.4. The molecule has 0 radical (unpaired) electrons. The number of fused-ring (bicyclic) bond motifs is 3. The molecule has 0 bridgehead atoms. The van der Waals surface area contributed by atoms with Gasteiger partial charge in [-0.1, -0.05) is 23.9 Å². The van der Waals surface area contributed by atoms with E-state index < -0.39 is 80.6 Å². The molecule has 0 aromatic heterocycles. The van der Waals surface area contributed by atoms with Crippen molar-refractivity contribution in [2.24, 2.45) is 0 Å². The summed E-state index contributed by atoms with van der Waals surface area (Å²) in [4.78, 5) is 20.7. The van der Waals surface area contributed by atoms with Crippen molar-refractivity contribution in [3.63, 3.8) is 0 Å². The summed E-state index contributed by atoms with van der Waals surface area (Å²) < 4.78 is 151. The molecule has 0 atom stereocenters. The van der Waals surface area contributed by atoms with E-state index in [0.29, 0.717) is 51.4 Å². The second-order valence-electron chi connectivity index (χ2n) is 13.0. The van der Waals surface area contributed by atoms with Crippen molar-refractivity contribution < 1.29 is 58.2 Å². The van der Waals surface area contributed by atoms with Crippen LogP contribution in [0, 0.1) is 40.7 Å². The number of ether oxygens (including phenoxy) is 2. The van der Waals surface area contributed by atoms with Crippen LogP contribution in [0.4, 0.5) is 55.3 Å². The van der Waals surface area contributed by atoms with E-state index in [-0.39, 0.29) is 13.2 Å². The molecule has 2 aliphatic rings. The Labute approximate surface area is 301 Å². The molecule has 4 aromatic rings. The van der Waals surface area contributed by atoms with Crippen LogP contribution in [-0.2, 0) is 15.7 Å². The number of anilines is 2. The van der Waals surface area contributed by atoms with E-state index in [2.05, 4.69) is 4.90 Å². The van der Waals surface area contributed by atoms with Crippen LogP contribution in [0.5, 0.6) is 5.75 Å². The maximum absolute atomic E-state index is 14.8. The summed E-state index contributed by atoms with van der Waals surface area (Å²) in [6, 6.07) is 11.3. The van der Waals surface area contributed by atoms with Crippen LogP contribution < -0.4 is 9.64 Å². The highest BCUT2D eigenvalue weighted by molar-refractivity contribution is 7.99. The number of para-hydroxylation sites is 1. The van der Waals surface area contributed by atoms with Gasteiger partial charge in [-0.05, 0) is 57.1 Å². The lowest BCUT2D eigenvalue weighted by molar-refractivity contribution is -0.159. The van der Waals surface area contributed by atoms with Crippen LogP contribution in [0.25, 0.3) is 10.8 Å². The largest absolute Gasteiger partial charge is 0.472 e. The predicted molar refractivity (Wildman–Crippen MR) is 176 cm³/mol. The standard InChI is InChI=1S/C36H31F10N3O3S/c1-35(2,52-33-25-24(27(38)31(42)32(33)43)26(37)29(40)30(41)28(25)39)34(50)51-17-16-48-14-12-47(13-15-48)10-5-11-49-20-6-3-4-7-22(20)53-23-9-8-19(18-21(23)49)36(44,45)46/h3-4,6-9,18H,5,10-17H2,1-2H3. The first-order valence-corrected chi connectivity index (χ1v) is 17.2. The zero-order chi connectivity index (χ0) is 38.4. The van der Waals surface area contributed by atoms with E-state index in [0.717, 1.165) is 35.4 Å². The average molecular weight is 776 g/mol. The number of esters is 1. The molecule has 4 aromatic carbocycles. The van der Waals surface area contributed by atoms with Crippen molar-refractivity contribution in [2.45, 2.75) is 41.8 Å². The topological polar surface area (TPSA) is 45.3 Å². The van der Waals surface area contributed by atoms with Crippen molar-refractivity contribution in [1.82, 2.24) is 9.80 Å². The van der Waals surface area contributed by atoms with Gasteiger partial charge in [0.1, 0.15) is 6.61 Å². The van der Waals surface area contributed by atoms with Gasteiger partial charge in [0.2, 0.25) is 5.82 Å². The van der Waals surface area contributed by atoms with E-state index in [4.69, 9.17) is 9.47 Å². The van der Waals surface area contributed by atoms with Gasteiger partial charge in [0, 0.05) is 49.1 Å². The van der Waals surface area contributed by atoms with Gasteiger partial charge in [0.15, 0.2) is 46.3 Å². The Bertz CT molecular complexity index is 2050. The number of carbonyl (C=O) groups is 1. The Morgan fingerprint density at radius 2 is 1.26 bits per heavy atom. The third-order valence-electron chi connectivity index (χ3n) is 9.06. The Kier molecular flexibility index (Phi) is 10.8. The molecule has 1 fully saturated rings. The number of nitrogens with zero attached hydrogens (tertiary/aromatic N) is 3. The van der Waals surface area contributed by atoms with Crippen LogP contribution in [-0.4, -0.2) is 73.8 Å². The fraction of sp³-hybridized carbons (Fsp3) is 0.361. The van der Waals surface area contributed by atoms with Crippen LogP contribution in [0.3, 0.4) is 0 Å².